The van der Waals surface area contributed by atoms with Crippen LogP contribution in [0.3, 0.4) is 0 Å². The van der Waals surface area contributed by atoms with Crippen LogP contribution in [0.4, 0.5) is 0 Å². The van der Waals surface area contributed by atoms with E-state index in [9.17, 15) is 0 Å². The molecule has 0 amide bonds. The Morgan fingerprint density at radius 1 is 1.18 bits per heavy atom. The normalized spacial score (nSPS) is 11.2. The van der Waals surface area contributed by atoms with Crippen molar-refractivity contribution in [2.75, 3.05) is 7.11 Å². The first-order chi connectivity index (χ1) is 8.20. The molecule has 0 aliphatic heterocycles. The minimum absolute atomic E-state index is 0.687. The van der Waals surface area contributed by atoms with Crippen LogP contribution in [-0.2, 0) is 0 Å². The molecule has 0 saturated carbocycles. The van der Waals surface area contributed by atoms with Gasteiger partial charge in [0, 0.05) is 21.3 Å². The monoisotopic (exact) mass is 310 g/mol. The van der Waals surface area contributed by atoms with Crippen molar-refractivity contribution in [3.05, 3.63) is 39.8 Å². The molecule has 86 valence electrons. The maximum absolute atomic E-state index is 6.21. The molecule has 3 aromatic rings. The van der Waals surface area contributed by atoms with Crippen LogP contribution >= 0.6 is 27.5 Å². The second-order valence-corrected chi connectivity index (χ2v) is 4.96. The molecule has 0 aliphatic carbocycles. The van der Waals surface area contributed by atoms with E-state index < -0.39 is 0 Å². The number of ether oxygens (including phenoxy) is 1. The van der Waals surface area contributed by atoms with Gasteiger partial charge in [0.25, 0.3) is 0 Å². The largest absolute Gasteiger partial charge is 0.497 e. The van der Waals surface area contributed by atoms with Crippen molar-refractivity contribution in [1.82, 2.24) is 0 Å². The predicted octanol–water partition coefficient (Wildman–Crippen LogP) is 5.01. The van der Waals surface area contributed by atoms with Crippen LogP contribution in [0, 0.1) is 0 Å². The Morgan fingerprint density at radius 3 is 2.76 bits per heavy atom. The molecule has 3 rings (SSSR count). The Kier molecular flexibility index (Phi) is 2.53. The summed E-state index contributed by atoms with van der Waals surface area (Å²) in [6, 6.07) is 9.39. The van der Waals surface area contributed by atoms with E-state index in [0.717, 1.165) is 32.2 Å². The number of fused-ring (bicyclic) bond motifs is 3. The maximum Gasteiger partial charge on any atom is 0.140 e. The van der Waals surface area contributed by atoms with Gasteiger partial charge in [-0.2, -0.15) is 0 Å². The molecule has 0 saturated heterocycles. The van der Waals surface area contributed by atoms with Crippen LogP contribution in [0.15, 0.2) is 39.2 Å². The number of methoxy groups -OCH3 is 1. The van der Waals surface area contributed by atoms with E-state index in [1.165, 1.54) is 0 Å². The molecular formula is C13H8BrClO2. The first-order valence-corrected chi connectivity index (χ1v) is 6.22. The van der Waals surface area contributed by atoms with Crippen molar-refractivity contribution < 1.29 is 9.15 Å². The Balaban J connectivity index is 2.53. The summed E-state index contributed by atoms with van der Waals surface area (Å²) in [5.41, 5.74) is 1.54. The highest BCUT2D eigenvalue weighted by Crippen LogP contribution is 2.39. The molecular weight excluding hydrogens is 303 g/mol. The summed E-state index contributed by atoms with van der Waals surface area (Å²) in [5, 5.41) is 2.59. The number of hydrogen-bond acceptors (Lipinski definition) is 2. The molecule has 1 aromatic heterocycles. The van der Waals surface area contributed by atoms with Crippen molar-refractivity contribution in [2.45, 2.75) is 0 Å². The third-order valence-corrected chi connectivity index (χ3v) is 3.65. The number of rotatable bonds is 1. The van der Waals surface area contributed by atoms with Crippen molar-refractivity contribution >= 4 is 49.5 Å². The van der Waals surface area contributed by atoms with Crippen molar-refractivity contribution in [3.63, 3.8) is 0 Å². The van der Waals surface area contributed by atoms with Gasteiger partial charge < -0.3 is 9.15 Å². The molecule has 4 heteroatoms. The fourth-order valence-corrected chi connectivity index (χ4v) is 2.83. The summed E-state index contributed by atoms with van der Waals surface area (Å²) in [6.45, 7) is 0. The number of benzene rings is 2. The molecule has 0 fully saturated rings. The quantitative estimate of drug-likeness (QED) is 0.630. The second-order valence-electron chi connectivity index (χ2n) is 3.70. The molecule has 2 aromatic carbocycles. The highest BCUT2D eigenvalue weighted by molar-refractivity contribution is 9.10. The minimum atomic E-state index is 0.687. The lowest BCUT2D eigenvalue weighted by Gasteiger charge is -2.01. The van der Waals surface area contributed by atoms with E-state index in [-0.39, 0.29) is 0 Å². The Labute approximate surface area is 111 Å². The average molecular weight is 312 g/mol. The zero-order chi connectivity index (χ0) is 12.0. The van der Waals surface area contributed by atoms with Gasteiger partial charge in [0.2, 0.25) is 0 Å². The molecule has 0 N–H and O–H groups in total. The van der Waals surface area contributed by atoms with Gasteiger partial charge in [-0.05, 0) is 34.1 Å². The molecule has 0 aliphatic rings. The van der Waals surface area contributed by atoms with Gasteiger partial charge in [0.05, 0.1) is 12.1 Å². The third-order valence-electron chi connectivity index (χ3n) is 2.71. The zero-order valence-corrected chi connectivity index (χ0v) is 11.3. The molecule has 0 bridgehead atoms. The lowest BCUT2D eigenvalue weighted by atomic mass is 10.1. The fraction of sp³-hybridized carbons (Fsp3) is 0.0769. The van der Waals surface area contributed by atoms with Gasteiger partial charge in [-0.25, -0.2) is 0 Å². The van der Waals surface area contributed by atoms with Gasteiger partial charge in [-0.1, -0.05) is 17.7 Å². The molecule has 17 heavy (non-hydrogen) atoms. The van der Waals surface area contributed by atoms with Gasteiger partial charge in [0.1, 0.15) is 16.9 Å². The van der Waals surface area contributed by atoms with Crippen molar-refractivity contribution in [1.29, 1.82) is 0 Å². The van der Waals surface area contributed by atoms with E-state index in [2.05, 4.69) is 15.9 Å². The molecule has 2 nitrogen and oxygen atoms in total. The molecule has 0 spiro atoms. The van der Waals surface area contributed by atoms with Gasteiger partial charge in [-0.3, -0.25) is 0 Å². The summed E-state index contributed by atoms with van der Waals surface area (Å²) in [5.74, 6) is 0.750. The summed E-state index contributed by atoms with van der Waals surface area (Å²) >= 11 is 9.74. The lowest BCUT2D eigenvalue weighted by molar-refractivity contribution is 0.414. The van der Waals surface area contributed by atoms with Gasteiger partial charge >= 0.3 is 0 Å². The topological polar surface area (TPSA) is 22.4 Å². The smallest absolute Gasteiger partial charge is 0.140 e. The lowest BCUT2D eigenvalue weighted by Crippen LogP contribution is -1.82. The number of hydrogen-bond donors (Lipinski definition) is 0. The van der Waals surface area contributed by atoms with Crippen LogP contribution < -0.4 is 4.74 Å². The first-order valence-electron chi connectivity index (χ1n) is 5.05. The summed E-state index contributed by atoms with van der Waals surface area (Å²) < 4.78 is 11.9. The Hall–Kier alpha value is -1.19. The van der Waals surface area contributed by atoms with Crippen LogP contribution in [0.25, 0.3) is 21.9 Å². The van der Waals surface area contributed by atoms with Crippen LogP contribution in [0.1, 0.15) is 0 Å². The minimum Gasteiger partial charge on any atom is -0.497 e. The van der Waals surface area contributed by atoms with E-state index in [1.54, 1.807) is 7.11 Å². The highest BCUT2D eigenvalue weighted by atomic mass is 79.9. The average Bonchev–Trinajstić information content (AvgIpc) is 2.68. The van der Waals surface area contributed by atoms with Crippen LogP contribution in [0.5, 0.6) is 5.75 Å². The van der Waals surface area contributed by atoms with E-state index in [0.29, 0.717) is 5.02 Å². The predicted molar refractivity (Wildman–Crippen MR) is 73.0 cm³/mol. The summed E-state index contributed by atoms with van der Waals surface area (Å²) in [6.07, 6.45) is 0. The molecule has 0 atom stereocenters. The molecule has 1 heterocycles. The second kappa shape index (κ2) is 3.93. The number of furan rings is 1. The highest BCUT2D eigenvalue weighted by Gasteiger charge is 2.14. The summed E-state index contributed by atoms with van der Waals surface area (Å²) in [7, 11) is 1.63. The zero-order valence-electron chi connectivity index (χ0n) is 8.96. The van der Waals surface area contributed by atoms with Crippen molar-refractivity contribution in [2.24, 2.45) is 0 Å². The number of halogens is 2. The van der Waals surface area contributed by atoms with E-state index >= 15 is 0 Å². The van der Waals surface area contributed by atoms with E-state index in [4.69, 9.17) is 20.8 Å². The van der Waals surface area contributed by atoms with Crippen LogP contribution in [-0.4, -0.2) is 7.11 Å². The Morgan fingerprint density at radius 2 is 2.00 bits per heavy atom. The van der Waals surface area contributed by atoms with Gasteiger partial charge in [-0.15, -0.1) is 0 Å². The SMILES string of the molecule is COc1cc(Br)c2c(c1)oc1cccc(Cl)c12. The van der Waals surface area contributed by atoms with E-state index in [1.807, 2.05) is 30.3 Å². The maximum atomic E-state index is 6.21. The van der Waals surface area contributed by atoms with Crippen LogP contribution in [0.2, 0.25) is 5.02 Å². The Bertz CT molecular complexity index is 718. The standard InChI is InChI=1S/C13H8BrClO2/c1-16-7-5-8(14)12-11(6-7)17-10-4-2-3-9(15)13(10)12/h2-6H,1H3. The fourth-order valence-electron chi connectivity index (χ4n) is 1.95. The third kappa shape index (κ3) is 1.61. The van der Waals surface area contributed by atoms with Gasteiger partial charge in [0.15, 0.2) is 0 Å². The van der Waals surface area contributed by atoms with Crippen molar-refractivity contribution in [3.8, 4) is 5.75 Å². The first kappa shape index (κ1) is 10.9. The summed E-state index contributed by atoms with van der Waals surface area (Å²) in [4.78, 5) is 0. The molecule has 0 radical (unpaired) electrons. The molecule has 0 unspecified atom stereocenters.